The first-order valence-electron chi connectivity index (χ1n) is 6.99. The highest BCUT2D eigenvalue weighted by Crippen LogP contribution is 2.52. The molecule has 104 valence electrons. The first kappa shape index (κ1) is 13.2. The van der Waals surface area contributed by atoms with Gasteiger partial charge in [0.25, 0.3) is 0 Å². The average molecular weight is 284 g/mol. The SMILES string of the molecule is NC1CC(Oc2ccc(F)c(Cl)c2)C12CCCCC2. The zero-order valence-corrected chi connectivity index (χ0v) is 11.6. The first-order valence-corrected chi connectivity index (χ1v) is 7.37. The van der Waals surface area contributed by atoms with E-state index < -0.39 is 5.82 Å². The summed E-state index contributed by atoms with van der Waals surface area (Å²) >= 11 is 5.78. The minimum atomic E-state index is -0.410. The molecule has 2 nitrogen and oxygen atoms in total. The van der Waals surface area contributed by atoms with Crippen LogP contribution in [-0.4, -0.2) is 12.1 Å². The van der Waals surface area contributed by atoms with Gasteiger partial charge in [-0.25, -0.2) is 4.39 Å². The summed E-state index contributed by atoms with van der Waals surface area (Å²) < 4.78 is 19.2. The van der Waals surface area contributed by atoms with Gasteiger partial charge in [-0.2, -0.15) is 0 Å². The van der Waals surface area contributed by atoms with E-state index in [1.165, 1.54) is 25.3 Å². The summed E-state index contributed by atoms with van der Waals surface area (Å²) in [4.78, 5) is 0. The van der Waals surface area contributed by atoms with E-state index >= 15 is 0 Å². The van der Waals surface area contributed by atoms with Gasteiger partial charge in [0, 0.05) is 23.9 Å². The summed E-state index contributed by atoms with van der Waals surface area (Å²) in [6.45, 7) is 0. The van der Waals surface area contributed by atoms with E-state index in [0.29, 0.717) is 5.75 Å². The molecule has 0 amide bonds. The third-order valence-corrected chi connectivity index (χ3v) is 5.09. The van der Waals surface area contributed by atoms with Crippen LogP contribution in [-0.2, 0) is 0 Å². The van der Waals surface area contributed by atoms with Gasteiger partial charge in [0.15, 0.2) is 0 Å². The Balaban J connectivity index is 1.74. The summed E-state index contributed by atoms with van der Waals surface area (Å²) in [7, 11) is 0. The molecule has 0 radical (unpaired) electrons. The minimum absolute atomic E-state index is 0.110. The van der Waals surface area contributed by atoms with Crippen molar-refractivity contribution in [1.82, 2.24) is 0 Å². The van der Waals surface area contributed by atoms with Gasteiger partial charge in [-0.3, -0.25) is 0 Å². The fraction of sp³-hybridized carbons (Fsp3) is 0.600. The molecule has 1 aromatic carbocycles. The van der Waals surface area contributed by atoms with Crippen molar-refractivity contribution in [3.8, 4) is 5.75 Å². The van der Waals surface area contributed by atoms with E-state index in [2.05, 4.69) is 0 Å². The second-order valence-corrected chi connectivity index (χ2v) is 6.23. The summed E-state index contributed by atoms with van der Waals surface area (Å²) in [5.74, 6) is 0.236. The zero-order valence-electron chi connectivity index (χ0n) is 10.9. The molecule has 2 fully saturated rings. The van der Waals surface area contributed by atoms with Crippen molar-refractivity contribution in [2.24, 2.45) is 11.1 Å². The normalized spacial score (nSPS) is 29.0. The summed E-state index contributed by atoms with van der Waals surface area (Å²) in [6, 6.07) is 4.79. The van der Waals surface area contributed by atoms with Crippen LogP contribution >= 0.6 is 11.6 Å². The van der Waals surface area contributed by atoms with E-state index in [9.17, 15) is 4.39 Å². The average Bonchev–Trinajstić information content (AvgIpc) is 2.43. The first-order chi connectivity index (χ1) is 9.12. The van der Waals surface area contributed by atoms with Crippen LogP contribution in [0.15, 0.2) is 18.2 Å². The van der Waals surface area contributed by atoms with Gasteiger partial charge < -0.3 is 10.5 Å². The van der Waals surface area contributed by atoms with Gasteiger partial charge in [-0.1, -0.05) is 30.9 Å². The van der Waals surface area contributed by atoms with Crippen LogP contribution in [0.25, 0.3) is 0 Å². The lowest BCUT2D eigenvalue weighted by Crippen LogP contribution is -2.64. The highest BCUT2D eigenvalue weighted by atomic mass is 35.5. The number of benzene rings is 1. The Morgan fingerprint density at radius 1 is 1.26 bits per heavy atom. The molecule has 0 bridgehead atoms. The predicted molar refractivity (Wildman–Crippen MR) is 73.9 cm³/mol. The van der Waals surface area contributed by atoms with Crippen LogP contribution in [0.5, 0.6) is 5.75 Å². The van der Waals surface area contributed by atoms with E-state index in [4.69, 9.17) is 22.1 Å². The van der Waals surface area contributed by atoms with Crippen molar-refractivity contribution < 1.29 is 9.13 Å². The lowest BCUT2D eigenvalue weighted by Gasteiger charge is -2.56. The van der Waals surface area contributed by atoms with Crippen LogP contribution in [0.3, 0.4) is 0 Å². The fourth-order valence-electron chi connectivity index (χ4n) is 3.56. The van der Waals surface area contributed by atoms with Crippen LogP contribution in [0, 0.1) is 11.2 Å². The topological polar surface area (TPSA) is 35.2 Å². The monoisotopic (exact) mass is 283 g/mol. The molecular formula is C15H19ClFNO. The fourth-order valence-corrected chi connectivity index (χ4v) is 3.73. The molecule has 2 saturated carbocycles. The smallest absolute Gasteiger partial charge is 0.142 e. The molecular weight excluding hydrogens is 265 g/mol. The Hall–Kier alpha value is -0.800. The number of rotatable bonds is 2. The van der Waals surface area contributed by atoms with E-state index in [1.807, 2.05) is 0 Å². The zero-order chi connectivity index (χ0) is 13.5. The molecule has 2 N–H and O–H groups in total. The lowest BCUT2D eigenvalue weighted by molar-refractivity contribution is -0.0898. The number of halogens is 2. The Bertz CT molecular complexity index is 473. The Labute approximate surface area is 118 Å². The molecule has 2 unspecified atom stereocenters. The third-order valence-electron chi connectivity index (χ3n) is 4.80. The molecule has 3 rings (SSSR count). The number of nitrogens with two attached hydrogens (primary N) is 1. The maximum absolute atomic E-state index is 13.1. The quantitative estimate of drug-likeness (QED) is 0.893. The molecule has 2 aliphatic rings. The molecule has 2 atom stereocenters. The summed E-state index contributed by atoms with van der Waals surface area (Å²) in [5, 5.41) is 0.110. The van der Waals surface area contributed by atoms with E-state index in [-0.39, 0.29) is 22.6 Å². The second-order valence-electron chi connectivity index (χ2n) is 5.82. The van der Waals surface area contributed by atoms with Crippen molar-refractivity contribution in [2.45, 2.75) is 50.7 Å². The molecule has 0 aliphatic heterocycles. The second kappa shape index (κ2) is 4.95. The Kier molecular flexibility index (Phi) is 3.44. The van der Waals surface area contributed by atoms with Crippen LogP contribution in [0.2, 0.25) is 5.02 Å². The van der Waals surface area contributed by atoms with Gasteiger partial charge in [0.2, 0.25) is 0 Å². The van der Waals surface area contributed by atoms with Gasteiger partial charge >= 0.3 is 0 Å². The number of hydrogen-bond acceptors (Lipinski definition) is 2. The minimum Gasteiger partial charge on any atom is -0.490 e. The molecule has 0 aromatic heterocycles. The largest absolute Gasteiger partial charge is 0.490 e. The van der Waals surface area contributed by atoms with E-state index in [0.717, 1.165) is 19.3 Å². The van der Waals surface area contributed by atoms with Crippen molar-refractivity contribution in [2.75, 3.05) is 0 Å². The Morgan fingerprint density at radius 2 is 2.00 bits per heavy atom. The maximum atomic E-state index is 13.1. The van der Waals surface area contributed by atoms with Crippen molar-refractivity contribution >= 4 is 11.6 Å². The molecule has 2 aliphatic carbocycles. The summed E-state index contributed by atoms with van der Waals surface area (Å²) in [6.07, 6.45) is 7.10. The molecule has 0 heterocycles. The number of hydrogen-bond donors (Lipinski definition) is 1. The van der Waals surface area contributed by atoms with Crippen LogP contribution < -0.4 is 10.5 Å². The van der Waals surface area contributed by atoms with Gasteiger partial charge in [-0.05, 0) is 25.0 Å². The molecule has 1 aromatic rings. The molecule has 1 spiro atoms. The van der Waals surface area contributed by atoms with Crippen LogP contribution in [0.4, 0.5) is 4.39 Å². The predicted octanol–water partition coefficient (Wildman–Crippen LogP) is 3.91. The maximum Gasteiger partial charge on any atom is 0.142 e. The van der Waals surface area contributed by atoms with Crippen molar-refractivity contribution in [1.29, 1.82) is 0 Å². The third kappa shape index (κ3) is 2.23. The highest BCUT2D eigenvalue weighted by Gasteiger charge is 2.54. The van der Waals surface area contributed by atoms with Crippen molar-refractivity contribution in [3.05, 3.63) is 29.0 Å². The van der Waals surface area contributed by atoms with Gasteiger partial charge in [-0.15, -0.1) is 0 Å². The highest BCUT2D eigenvalue weighted by molar-refractivity contribution is 6.30. The van der Waals surface area contributed by atoms with Crippen molar-refractivity contribution in [3.63, 3.8) is 0 Å². The summed E-state index contributed by atoms with van der Waals surface area (Å²) in [5.41, 5.74) is 6.36. The van der Waals surface area contributed by atoms with Gasteiger partial charge in [0.1, 0.15) is 17.7 Å². The molecule has 4 heteroatoms. The standard InChI is InChI=1S/C15H19ClFNO/c16-11-8-10(4-5-12(11)17)19-14-9-13(18)15(14)6-2-1-3-7-15/h4-5,8,13-14H,1-3,6-7,9,18H2. The molecule has 0 saturated heterocycles. The van der Waals surface area contributed by atoms with Crippen LogP contribution in [0.1, 0.15) is 38.5 Å². The molecule has 19 heavy (non-hydrogen) atoms. The van der Waals surface area contributed by atoms with Gasteiger partial charge in [0.05, 0.1) is 5.02 Å². The Morgan fingerprint density at radius 3 is 2.63 bits per heavy atom. The lowest BCUT2D eigenvalue weighted by atomic mass is 9.55. The van der Waals surface area contributed by atoms with E-state index in [1.54, 1.807) is 12.1 Å². The number of ether oxygens (including phenoxy) is 1.